The number of carbonyl (C=O) groups is 3. The van der Waals surface area contributed by atoms with Gasteiger partial charge in [0.1, 0.15) is 11.3 Å². The summed E-state index contributed by atoms with van der Waals surface area (Å²) < 4.78 is 5.19. The molecule has 4 amide bonds. The predicted molar refractivity (Wildman–Crippen MR) is 86.3 cm³/mol. The molecule has 2 heterocycles. The summed E-state index contributed by atoms with van der Waals surface area (Å²) >= 11 is 1.45. The molecule has 0 radical (unpaired) electrons. The lowest BCUT2D eigenvalue weighted by Gasteiger charge is -2.27. The highest BCUT2D eigenvalue weighted by atomic mass is 32.1. The van der Waals surface area contributed by atoms with Gasteiger partial charge in [-0.3, -0.25) is 14.9 Å². The number of barbiturate groups is 1. The summed E-state index contributed by atoms with van der Waals surface area (Å²) in [6, 6.07) is 7.59. The number of hydrogen-bond acceptors (Lipinski definition) is 5. The molecule has 1 fully saturated rings. The van der Waals surface area contributed by atoms with E-state index in [1.807, 2.05) is 5.38 Å². The average molecular weight is 328 g/mol. The molecule has 1 aromatic carbocycles. The SMILES string of the molecule is COc1ccccc1N1C(=O)NC(=O)C(=Cc2ccsc2)C1=O. The Morgan fingerprint density at radius 1 is 1.17 bits per heavy atom. The first kappa shape index (κ1) is 15.0. The summed E-state index contributed by atoms with van der Waals surface area (Å²) in [5.74, 6) is -1.04. The number of methoxy groups -OCH3 is 1. The third kappa shape index (κ3) is 2.74. The third-order valence-electron chi connectivity index (χ3n) is 3.28. The van der Waals surface area contributed by atoms with Gasteiger partial charge in [-0.1, -0.05) is 12.1 Å². The highest BCUT2D eigenvalue weighted by Crippen LogP contribution is 2.30. The summed E-state index contributed by atoms with van der Waals surface area (Å²) in [7, 11) is 1.44. The number of para-hydroxylation sites is 2. The second-order valence-electron chi connectivity index (χ2n) is 4.69. The number of benzene rings is 1. The molecule has 7 heteroatoms. The van der Waals surface area contributed by atoms with Crippen LogP contribution in [0.4, 0.5) is 10.5 Å². The van der Waals surface area contributed by atoms with E-state index < -0.39 is 17.8 Å². The molecule has 1 N–H and O–H groups in total. The Labute approximate surface area is 136 Å². The van der Waals surface area contributed by atoms with Gasteiger partial charge >= 0.3 is 6.03 Å². The summed E-state index contributed by atoms with van der Waals surface area (Å²) in [5.41, 5.74) is 0.901. The van der Waals surface area contributed by atoms with Crippen LogP contribution in [0.5, 0.6) is 5.75 Å². The highest BCUT2D eigenvalue weighted by Gasteiger charge is 2.37. The van der Waals surface area contributed by atoms with Crippen LogP contribution in [0.1, 0.15) is 5.56 Å². The van der Waals surface area contributed by atoms with Crippen molar-refractivity contribution in [3.8, 4) is 5.75 Å². The number of nitrogens with one attached hydrogen (secondary N) is 1. The van der Waals surface area contributed by atoms with Gasteiger partial charge in [0, 0.05) is 0 Å². The highest BCUT2D eigenvalue weighted by molar-refractivity contribution is 7.08. The van der Waals surface area contributed by atoms with E-state index in [0.717, 1.165) is 10.5 Å². The summed E-state index contributed by atoms with van der Waals surface area (Å²) in [6.07, 6.45) is 1.46. The number of rotatable bonds is 3. The van der Waals surface area contributed by atoms with Crippen molar-refractivity contribution < 1.29 is 19.1 Å². The van der Waals surface area contributed by atoms with E-state index >= 15 is 0 Å². The molecule has 23 heavy (non-hydrogen) atoms. The Morgan fingerprint density at radius 2 is 1.96 bits per heavy atom. The molecular weight excluding hydrogens is 316 g/mol. The lowest BCUT2D eigenvalue weighted by Crippen LogP contribution is -2.54. The van der Waals surface area contributed by atoms with Crippen LogP contribution < -0.4 is 15.0 Å². The van der Waals surface area contributed by atoms with Gasteiger partial charge in [-0.05, 0) is 40.6 Å². The smallest absolute Gasteiger partial charge is 0.336 e. The van der Waals surface area contributed by atoms with Gasteiger partial charge in [0.25, 0.3) is 11.8 Å². The molecule has 0 unspecified atom stereocenters. The Morgan fingerprint density at radius 3 is 2.65 bits per heavy atom. The van der Waals surface area contributed by atoms with Crippen molar-refractivity contribution in [3.05, 3.63) is 52.2 Å². The molecule has 1 aliphatic heterocycles. The fraction of sp³-hybridized carbons (Fsp3) is 0.0625. The fourth-order valence-corrected chi connectivity index (χ4v) is 2.83. The Kier molecular flexibility index (Phi) is 3.94. The maximum Gasteiger partial charge on any atom is 0.336 e. The van der Waals surface area contributed by atoms with E-state index in [1.165, 1.54) is 24.5 Å². The van der Waals surface area contributed by atoms with Crippen LogP contribution in [-0.4, -0.2) is 25.0 Å². The minimum Gasteiger partial charge on any atom is -0.495 e. The number of thiophene rings is 1. The van der Waals surface area contributed by atoms with Gasteiger partial charge in [-0.15, -0.1) is 0 Å². The Bertz CT molecular complexity index is 811. The second kappa shape index (κ2) is 6.05. The molecule has 1 saturated heterocycles. The molecule has 3 rings (SSSR count). The van der Waals surface area contributed by atoms with Gasteiger partial charge in [-0.2, -0.15) is 11.3 Å². The number of hydrogen-bond donors (Lipinski definition) is 1. The Balaban J connectivity index is 2.05. The first-order chi connectivity index (χ1) is 11.1. The molecule has 0 atom stereocenters. The van der Waals surface area contributed by atoms with Crippen molar-refractivity contribution in [1.82, 2.24) is 5.32 Å². The van der Waals surface area contributed by atoms with Gasteiger partial charge in [-0.25, -0.2) is 9.69 Å². The molecule has 0 saturated carbocycles. The van der Waals surface area contributed by atoms with Gasteiger partial charge in [0.15, 0.2) is 0 Å². The lowest BCUT2D eigenvalue weighted by atomic mass is 10.1. The zero-order valence-electron chi connectivity index (χ0n) is 12.1. The zero-order chi connectivity index (χ0) is 16.4. The van der Waals surface area contributed by atoms with Crippen LogP contribution >= 0.6 is 11.3 Å². The quantitative estimate of drug-likeness (QED) is 0.693. The molecule has 0 aliphatic carbocycles. The van der Waals surface area contributed by atoms with E-state index in [4.69, 9.17) is 4.74 Å². The van der Waals surface area contributed by atoms with Crippen molar-refractivity contribution in [1.29, 1.82) is 0 Å². The average Bonchev–Trinajstić information content (AvgIpc) is 3.05. The number of ether oxygens (including phenoxy) is 1. The van der Waals surface area contributed by atoms with Gasteiger partial charge in [0.2, 0.25) is 0 Å². The number of urea groups is 1. The van der Waals surface area contributed by atoms with E-state index in [0.29, 0.717) is 5.75 Å². The first-order valence-electron chi connectivity index (χ1n) is 6.68. The van der Waals surface area contributed by atoms with Crippen molar-refractivity contribution in [2.24, 2.45) is 0 Å². The maximum absolute atomic E-state index is 12.7. The topological polar surface area (TPSA) is 75.7 Å². The predicted octanol–water partition coefficient (Wildman–Crippen LogP) is 2.42. The van der Waals surface area contributed by atoms with Crippen LogP contribution in [0.3, 0.4) is 0 Å². The van der Waals surface area contributed by atoms with Crippen molar-refractivity contribution >= 4 is 40.9 Å². The fourth-order valence-electron chi connectivity index (χ4n) is 2.21. The van der Waals surface area contributed by atoms with E-state index in [9.17, 15) is 14.4 Å². The molecule has 6 nitrogen and oxygen atoms in total. The van der Waals surface area contributed by atoms with Crippen LogP contribution in [0, 0.1) is 0 Å². The van der Waals surface area contributed by atoms with Crippen LogP contribution in [0.15, 0.2) is 46.7 Å². The second-order valence-corrected chi connectivity index (χ2v) is 5.47. The number of anilines is 1. The number of nitrogens with zero attached hydrogens (tertiary/aromatic N) is 1. The van der Waals surface area contributed by atoms with E-state index in [1.54, 1.807) is 35.7 Å². The monoisotopic (exact) mass is 328 g/mol. The molecular formula is C16H12N2O4S. The van der Waals surface area contributed by atoms with Crippen molar-refractivity contribution in [2.75, 3.05) is 12.0 Å². The van der Waals surface area contributed by atoms with E-state index in [-0.39, 0.29) is 11.3 Å². The molecule has 0 bridgehead atoms. The van der Waals surface area contributed by atoms with Crippen LogP contribution in [0.2, 0.25) is 0 Å². The van der Waals surface area contributed by atoms with Gasteiger partial charge < -0.3 is 4.74 Å². The molecule has 2 aromatic rings. The van der Waals surface area contributed by atoms with E-state index in [2.05, 4.69) is 5.32 Å². The molecule has 1 aromatic heterocycles. The molecule has 116 valence electrons. The normalized spacial score (nSPS) is 16.7. The summed E-state index contributed by atoms with van der Waals surface area (Å²) in [6.45, 7) is 0. The first-order valence-corrected chi connectivity index (χ1v) is 7.63. The lowest BCUT2D eigenvalue weighted by molar-refractivity contribution is -0.122. The minimum atomic E-state index is -0.799. The minimum absolute atomic E-state index is 0.103. The standard InChI is InChI=1S/C16H12N2O4S/c1-22-13-5-3-2-4-12(13)18-15(20)11(14(19)17-16(18)21)8-10-6-7-23-9-10/h2-9H,1H3,(H,17,19,21). The van der Waals surface area contributed by atoms with Crippen LogP contribution in [0.25, 0.3) is 6.08 Å². The third-order valence-corrected chi connectivity index (χ3v) is 3.98. The van der Waals surface area contributed by atoms with Gasteiger partial charge in [0.05, 0.1) is 12.8 Å². The zero-order valence-corrected chi connectivity index (χ0v) is 12.9. The van der Waals surface area contributed by atoms with Crippen LogP contribution in [-0.2, 0) is 9.59 Å². The maximum atomic E-state index is 12.7. The number of carbonyl (C=O) groups excluding carboxylic acids is 3. The largest absolute Gasteiger partial charge is 0.495 e. The number of imide groups is 2. The Hall–Kier alpha value is -2.93. The van der Waals surface area contributed by atoms with Crippen molar-refractivity contribution in [3.63, 3.8) is 0 Å². The number of amides is 4. The van der Waals surface area contributed by atoms with Crippen molar-refractivity contribution in [2.45, 2.75) is 0 Å². The summed E-state index contributed by atoms with van der Waals surface area (Å²) in [5, 5.41) is 5.82. The molecule has 1 aliphatic rings. The summed E-state index contributed by atoms with van der Waals surface area (Å²) in [4.78, 5) is 37.7. The molecule has 0 spiro atoms.